The first-order chi connectivity index (χ1) is 15.0. The van der Waals surface area contributed by atoms with Gasteiger partial charge in [-0.3, -0.25) is 9.59 Å². The van der Waals surface area contributed by atoms with Gasteiger partial charge in [-0.05, 0) is 23.8 Å². The number of hydrogen-bond donors (Lipinski definition) is 1. The Morgan fingerprint density at radius 2 is 1.48 bits per heavy atom. The first kappa shape index (κ1) is 20.8. The Balaban J connectivity index is 1.94. The Kier molecular flexibility index (Phi) is 5.89. The lowest BCUT2D eigenvalue weighted by Gasteiger charge is -2.16. The number of nitrogens with zero attached hydrogens (tertiary/aromatic N) is 2. The molecule has 0 aliphatic carbocycles. The highest BCUT2D eigenvalue weighted by molar-refractivity contribution is 6.42. The van der Waals surface area contributed by atoms with E-state index in [0.29, 0.717) is 32.6 Å². The van der Waals surface area contributed by atoms with E-state index >= 15 is 0 Å². The van der Waals surface area contributed by atoms with E-state index in [4.69, 9.17) is 23.2 Å². The van der Waals surface area contributed by atoms with Crippen LogP contribution in [0.15, 0.2) is 83.7 Å². The highest BCUT2D eigenvalue weighted by Gasteiger charge is 2.24. The Hall–Kier alpha value is -3.41. The smallest absolute Gasteiger partial charge is 0.280 e. The summed E-state index contributed by atoms with van der Waals surface area (Å²) in [7, 11) is 1.53. The van der Waals surface area contributed by atoms with Crippen LogP contribution < -0.4 is 10.9 Å². The molecular formula is C24H17Cl2N3O2. The standard InChI is InChI=1S/C24H17Cl2N3O2/c1-29-24(31)21(23(30)27-17-12-13-18(25)19(26)14-17)20(15-8-4-2-5-9-15)22(28-29)16-10-6-3-7-11-16/h2-14H,1H3,(H,27,30). The van der Waals surface area contributed by atoms with Crippen LogP contribution in [-0.2, 0) is 7.05 Å². The highest BCUT2D eigenvalue weighted by Crippen LogP contribution is 2.32. The molecule has 0 atom stereocenters. The molecule has 1 N–H and O–H groups in total. The zero-order chi connectivity index (χ0) is 22.0. The second kappa shape index (κ2) is 8.76. The number of anilines is 1. The summed E-state index contributed by atoms with van der Waals surface area (Å²) in [5.74, 6) is -0.558. The van der Waals surface area contributed by atoms with Crippen LogP contribution in [0.1, 0.15) is 10.4 Å². The van der Waals surface area contributed by atoms with Crippen molar-refractivity contribution in [3.05, 3.63) is 105 Å². The van der Waals surface area contributed by atoms with Crippen LogP contribution in [0.2, 0.25) is 10.0 Å². The fraction of sp³-hybridized carbons (Fsp3) is 0.0417. The largest absolute Gasteiger partial charge is 0.322 e. The van der Waals surface area contributed by atoms with Crippen molar-refractivity contribution in [2.24, 2.45) is 7.05 Å². The molecule has 3 aromatic carbocycles. The van der Waals surface area contributed by atoms with Gasteiger partial charge in [-0.1, -0.05) is 83.9 Å². The van der Waals surface area contributed by atoms with Crippen LogP contribution in [0.25, 0.3) is 22.4 Å². The van der Waals surface area contributed by atoms with Crippen LogP contribution >= 0.6 is 23.2 Å². The number of carbonyl (C=O) groups is 1. The van der Waals surface area contributed by atoms with Gasteiger partial charge in [-0.25, -0.2) is 4.68 Å². The van der Waals surface area contributed by atoms with Crippen molar-refractivity contribution < 1.29 is 4.79 Å². The van der Waals surface area contributed by atoms with Gasteiger partial charge in [0.25, 0.3) is 11.5 Å². The van der Waals surface area contributed by atoms with E-state index in [9.17, 15) is 9.59 Å². The minimum atomic E-state index is -0.558. The molecule has 0 saturated carbocycles. The number of rotatable bonds is 4. The van der Waals surface area contributed by atoms with E-state index in [1.165, 1.54) is 17.8 Å². The molecule has 0 spiro atoms. The Morgan fingerprint density at radius 1 is 0.871 bits per heavy atom. The van der Waals surface area contributed by atoms with Gasteiger partial charge in [-0.15, -0.1) is 0 Å². The summed E-state index contributed by atoms with van der Waals surface area (Å²) in [5.41, 5.74) is 2.43. The highest BCUT2D eigenvalue weighted by atomic mass is 35.5. The molecule has 1 aromatic heterocycles. The van der Waals surface area contributed by atoms with E-state index in [1.807, 2.05) is 60.7 Å². The molecule has 0 unspecified atom stereocenters. The minimum absolute atomic E-state index is 0.00590. The number of amides is 1. The second-order valence-corrected chi connectivity index (χ2v) is 7.66. The summed E-state index contributed by atoms with van der Waals surface area (Å²) in [6, 6.07) is 23.4. The molecule has 1 amide bonds. The topological polar surface area (TPSA) is 64.0 Å². The van der Waals surface area contributed by atoms with Crippen molar-refractivity contribution in [2.75, 3.05) is 5.32 Å². The van der Waals surface area contributed by atoms with Gasteiger partial charge in [0.1, 0.15) is 5.56 Å². The van der Waals surface area contributed by atoms with Gasteiger partial charge in [0, 0.05) is 23.9 Å². The molecule has 1 heterocycles. The predicted molar refractivity (Wildman–Crippen MR) is 125 cm³/mol. The molecule has 0 saturated heterocycles. The summed E-state index contributed by atoms with van der Waals surface area (Å²) in [6.45, 7) is 0. The van der Waals surface area contributed by atoms with Gasteiger partial charge in [0.2, 0.25) is 0 Å². The predicted octanol–water partition coefficient (Wildman–Crippen LogP) is 5.67. The molecule has 154 valence electrons. The number of aromatic nitrogens is 2. The third kappa shape index (κ3) is 4.24. The van der Waals surface area contributed by atoms with E-state index in [-0.39, 0.29) is 5.56 Å². The van der Waals surface area contributed by atoms with Crippen LogP contribution in [-0.4, -0.2) is 15.7 Å². The zero-order valence-electron chi connectivity index (χ0n) is 16.5. The van der Waals surface area contributed by atoms with Crippen molar-refractivity contribution in [3.8, 4) is 22.4 Å². The molecule has 4 rings (SSSR count). The third-order valence-corrected chi connectivity index (χ3v) is 5.50. The molecular weight excluding hydrogens is 433 g/mol. The van der Waals surface area contributed by atoms with Crippen LogP contribution in [0.4, 0.5) is 5.69 Å². The summed E-state index contributed by atoms with van der Waals surface area (Å²) < 4.78 is 1.18. The lowest BCUT2D eigenvalue weighted by molar-refractivity contribution is 0.102. The van der Waals surface area contributed by atoms with Gasteiger partial charge < -0.3 is 5.32 Å². The number of nitrogens with one attached hydrogen (secondary N) is 1. The quantitative estimate of drug-likeness (QED) is 0.436. The Labute approximate surface area is 188 Å². The summed E-state index contributed by atoms with van der Waals surface area (Å²) in [5, 5.41) is 7.91. The lowest BCUT2D eigenvalue weighted by Crippen LogP contribution is -2.31. The number of halogens is 2. The average Bonchev–Trinajstić information content (AvgIpc) is 2.78. The number of aryl methyl sites for hydroxylation is 1. The van der Waals surface area contributed by atoms with E-state index < -0.39 is 11.5 Å². The van der Waals surface area contributed by atoms with Gasteiger partial charge in [0.15, 0.2) is 0 Å². The summed E-state index contributed by atoms with van der Waals surface area (Å²) >= 11 is 12.0. The molecule has 0 aliphatic rings. The van der Waals surface area contributed by atoms with Gasteiger partial charge >= 0.3 is 0 Å². The third-order valence-electron chi connectivity index (χ3n) is 4.76. The maximum Gasteiger partial charge on any atom is 0.280 e. The summed E-state index contributed by atoms with van der Waals surface area (Å²) in [6.07, 6.45) is 0. The molecule has 5 nitrogen and oxygen atoms in total. The average molecular weight is 450 g/mol. The monoisotopic (exact) mass is 449 g/mol. The van der Waals surface area contributed by atoms with E-state index in [0.717, 1.165) is 5.56 Å². The van der Waals surface area contributed by atoms with Crippen molar-refractivity contribution in [2.45, 2.75) is 0 Å². The molecule has 31 heavy (non-hydrogen) atoms. The Bertz CT molecular complexity index is 1320. The molecule has 0 fully saturated rings. The van der Waals surface area contributed by atoms with Crippen LogP contribution in [0.3, 0.4) is 0 Å². The normalized spacial score (nSPS) is 10.7. The Morgan fingerprint density at radius 3 is 2.10 bits per heavy atom. The fourth-order valence-corrected chi connectivity index (χ4v) is 3.59. The van der Waals surface area contributed by atoms with Crippen molar-refractivity contribution in [1.29, 1.82) is 0 Å². The number of carbonyl (C=O) groups excluding carboxylic acids is 1. The molecule has 4 aromatic rings. The van der Waals surface area contributed by atoms with Crippen molar-refractivity contribution in [3.63, 3.8) is 0 Å². The van der Waals surface area contributed by atoms with Crippen molar-refractivity contribution in [1.82, 2.24) is 9.78 Å². The fourth-order valence-electron chi connectivity index (χ4n) is 3.29. The molecule has 0 radical (unpaired) electrons. The first-order valence-corrected chi connectivity index (χ1v) is 10.2. The maximum atomic E-state index is 13.3. The maximum absolute atomic E-state index is 13.3. The lowest BCUT2D eigenvalue weighted by atomic mass is 9.95. The van der Waals surface area contributed by atoms with Crippen LogP contribution in [0.5, 0.6) is 0 Å². The van der Waals surface area contributed by atoms with Crippen molar-refractivity contribution >= 4 is 34.8 Å². The minimum Gasteiger partial charge on any atom is -0.322 e. The molecule has 7 heteroatoms. The second-order valence-electron chi connectivity index (χ2n) is 6.84. The molecule has 0 aliphatic heterocycles. The number of hydrogen-bond acceptors (Lipinski definition) is 3. The van der Waals surface area contributed by atoms with Crippen LogP contribution in [0, 0.1) is 0 Å². The van der Waals surface area contributed by atoms with E-state index in [1.54, 1.807) is 12.1 Å². The SMILES string of the molecule is Cn1nc(-c2ccccc2)c(-c2ccccc2)c(C(=O)Nc2ccc(Cl)c(Cl)c2)c1=O. The van der Waals surface area contributed by atoms with Gasteiger partial charge in [-0.2, -0.15) is 5.10 Å². The summed E-state index contributed by atoms with van der Waals surface area (Å²) in [4.78, 5) is 26.4. The zero-order valence-corrected chi connectivity index (χ0v) is 18.0. The van der Waals surface area contributed by atoms with Gasteiger partial charge in [0.05, 0.1) is 15.7 Å². The molecule has 0 bridgehead atoms. The number of benzene rings is 3. The first-order valence-electron chi connectivity index (χ1n) is 9.44. The van der Waals surface area contributed by atoms with E-state index in [2.05, 4.69) is 10.4 Å².